The first-order valence-electron chi connectivity index (χ1n) is 7.38. The zero-order chi connectivity index (χ0) is 12.5. The molecule has 18 heavy (non-hydrogen) atoms. The molecule has 1 amide bonds. The van der Waals surface area contributed by atoms with E-state index in [0.29, 0.717) is 17.9 Å². The SMILES string of the molecule is CN1C[C@@H]2CCC[C@H]1CN(C(=O)C1CC=CC1)C2. The number of hydrogen-bond donors (Lipinski definition) is 0. The Kier molecular flexibility index (Phi) is 3.42. The molecule has 0 aromatic heterocycles. The van der Waals surface area contributed by atoms with Gasteiger partial charge in [0.1, 0.15) is 0 Å². The number of allylic oxidation sites excluding steroid dienone is 2. The van der Waals surface area contributed by atoms with Crippen molar-refractivity contribution >= 4 is 5.91 Å². The molecule has 2 saturated heterocycles. The van der Waals surface area contributed by atoms with Crippen LogP contribution < -0.4 is 0 Å². The van der Waals surface area contributed by atoms with E-state index in [-0.39, 0.29) is 5.92 Å². The van der Waals surface area contributed by atoms with E-state index in [2.05, 4.69) is 29.0 Å². The third kappa shape index (κ3) is 2.33. The van der Waals surface area contributed by atoms with Gasteiger partial charge < -0.3 is 9.80 Å². The van der Waals surface area contributed by atoms with Crippen LogP contribution in [0.5, 0.6) is 0 Å². The first-order valence-corrected chi connectivity index (χ1v) is 7.38. The summed E-state index contributed by atoms with van der Waals surface area (Å²) in [7, 11) is 2.23. The van der Waals surface area contributed by atoms with E-state index in [1.807, 2.05) is 0 Å². The minimum absolute atomic E-state index is 0.245. The molecule has 2 heterocycles. The molecule has 1 aliphatic carbocycles. The number of rotatable bonds is 1. The van der Waals surface area contributed by atoms with Crippen molar-refractivity contribution in [2.75, 3.05) is 26.7 Å². The van der Waals surface area contributed by atoms with Crippen molar-refractivity contribution in [1.29, 1.82) is 0 Å². The van der Waals surface area contributed by atoms with Crippen molar-refractivity contribution in [1.82, 2.24) is 9.80 Å². The van der Waals surface area contributed by atoms with Crippen LogP contribution >= 0.6 is 0 Å². The summed E-state index contributed by atoms with van der Waals surface area (Å²) >= 11 is 0. The van der Waals surface area contributed by atoms with E-state index in [9.17, 15) is 4.79 Å². The Bertz CT molecular complexity index is 344. The quantitative estimate of drug-likeness (QED) is 0.662. The molecule has 2 bridgehead atoms. The van der Waals surface area contributed by atoms with Gasteiger partial charge in [-0.3, -0.25) is 4.79 Å². The first kappa shape index (κ1) is 12.2. The molecular weight excluding hydrogens is 224 g/mol. The number of likely N-dealkylation sites (N-methyl/N-ethyl adjacent to an activating group) is 1. The van der Waals surface area contributed by atoms with Crippen molar-refractivity contribution in [2.24, 2.45) is 11.8 Å². The third-order valence-corrected chi connectivity index (χ3v) is 4.90. The van der Waals surface area contributed by atoms with Crippen LogP contribution in [-0.2, 0) is 4.79 Å². The number of nitrogens with zero attached hydrogens (tertiary/aromatic N) is 2. The highest BCUT2D eigenvalue weighted by Gasteiger charge is 2.34. The van der Waals surface area contributed by atoms with Gasteiger partial charge in [0, 0.05) is 31.6 Å². The Hall–Kier alpha value is -0.830. The van der Waals surface area contributed by atoms with Crippen LogP contribution in [0.4, 0.5) is 0 Å². The second-order valence-corrected chi connectivity index (χ2v) is 6.27. The van der Waals surface area contributed by atoms with Gasteiger partial charge in [-0.25, -0.2) is 0 Å². The van der Waals surface area contributed by atoms with E-state index in [0.717, 1.165) is 25.9 Å². The lowest BCUT2D eigenvalue weighted by Gasteiger charge is -2.31. The number of hydrogen-bond acceptors (Lipinski definition) is 2. The number of likely N-dealkylation sites (tertiary alicyclic amines) is 1. The van der Waals surface area contributed by atoms with Crippen LogP contribution in [-0.4, -0.2) is 48.4 Å². The highest BCUT2D eigenvalue weighted by atomic mass is 16.2. The largest absolute Gasteiger partial charge is 0.341 e. The summed E-state index contributed by atoms with van der Waals surface area (Å²) in [6.07, 6.45) is 10.1. The van der Waals surface area contributed by atoms with E-state index >= 15 is 0 Å². The van der Waals surface area contributed by atoms with Crippen molar-refractivity contribution in [3.8, 4) is 0 Å². The molecule has 3 aliphatic rings. The zero-order valence-corrected chi connectivity index (χ0v) is 11.3. The molecule has 3 heteroatoms. The fourth-order valence-corrected chi connectivity index (χ4v) is 3.79. The van der Waals surface area contributed by atoms with Crippen molar-refractivity contribution < 1.29 is 4.79 Å². The van der Waals surface area contributed by atoms with Gasteiger partial charge in [-0.1, -0.05) is 18.6 Å². The van der Waals surface area contributed by atoms with Gasteiger partial charge in [0.2, 0.25) is 5.91 Å². The molecule has 0 spiro atoms. The molecule has 100 valence electrons. The first-order chi connectivity index (χ1) is 8.74. The lowest BCUT2D eigenvalue weighted by Crippen LogP contribution is -2.44. The zero-order valence-electron chi connectivity index (χ0n) is 11.3. The monoisotopic (exact) mass is 248 g/mol. The van der Waals surface area contributed by atoms with Gasteiger partial charge in [-0.2, -0.15) is 0 Å². The Morgan fingerprint density at radius 2 is 1.89 bits per heavy atom. The van der Waals surface area contributed by atoms with Gasteiger partial charge in [0.25, 0.3) is 0 Å². The average molecular weight is 248 g/mol. The fourth-order valence-electron chi connectivity index (χ4n) is 3.79. The highest BCUT2D eigenvalue weighted by molar-refractivity contribution is 5.79. The minimum atomic E-state index is 0.245. The van der Waals surface area contributed by atoms with E-state index in [4.69, 9.17) is 0 Å². The lowest BCUT2D eigenvalue weighted by atomic mass is 9.98. The Morgan fingerprint density at radius 3 is 2.67 bits per heavy atom. The predicted octanol–water partition coefficient (Wildman–Crippen LogP) is 1.90. The maximum atomic E-state index is 12.6. The topological polar surface area (TPSA) is 23.6 Å². The van der Waals surface area contributed by atoms with E-state index in [1.54, 1.807) is 0 Å². The number of amides is 1. The fraction of sp³-hybridized carbons (Fsp3) is 0.800. The van der Waals surface area contributed by atoms with Crippen LogP contribution in [0.15, 0.2) is 12.2 Å². The molecule has 2 atom stereocenters. The summed E-state index contributed by atoms with van der Waals surface area (Å²) in [4.78, 5) is 17.2. The second-order valence-electron chi connectivity index (χ2n) is 6.27. The Morgan fingerprint density at radius 1 is 1.11 bits per heavy atom. The van der Waals surface area contributed by atoms with Gasteiger partial charge in [0.15, 0.2) is 0 Å². The number of carbonyl (C=O) groups excluding carboxylic acids is 1. The summed E-state index contributed by atoms with van der Waals surface area (Å²) in [5, 5.41) is 0. The standard InChI is InChI=1S/C15H24N2O/c1-16-9-12-5-4-8-14(16)11-17(10-12)15(18)13-6-2-3-7-13/h2-3,12-14H,4-11H2,1H3/t12-,14-/m0/s1. The second kappa shape index (κ2) is 5.04. The lowest BCUT2D eigenvalue weighted by molar-refractivity contribution is -0.136. The van der Waals surface area contributed by atoms with Gasteiger partial charge in [-0.05, 0) is 38.6 Å². The smallest absolute Gasteiger partial charge is 0.226 e. The van der Waals surface area contributed by atoms with Gasteiger partial charge in [0.05, 0.1) is 0 Å². The molecule has 3 rings (SSSR count). The molecule has 2 aliphatic heterocycles. The summed E-state index contributed by atoms with van der Waals surface area (Å²) in [6, 6.07) is 0.593. The molecular formula is C15H24N2O. The molecule has 0 aromatic carbocycles. The van der Waals surface area contributed by atoms with Crippen molar-refractivity contribution in [3.05, 3.63) is 12.2 Å². The van der Waals surface area contributed by atoms with E-state index in [1.165, 1.54) is 25.8 Å². The molecule has 2 fully saturated rings. The molecule has 0 radical (unpaired) electrons. The molecule has 0 saturated carbocycles. The van der Waals surface area contributed by atoms with Crippen LogP contribution in [0.2, 0.25) is 0 Å². The van der Waals surface area contributed by atoms with E-state index < -0.39 is 0 Å². The number of fused-ring (bicyclic) bond motifs is 3. The summed E-state index contributed by atoms with van der Waals surface area (Å²) < 4.78 is 0. The Balaban J connectivity index is 1.71. The highest BCUT2D eigenvalue weighted by Crippen LogP contribution is 2.28. The third-order valence-electron chi connectivity index (χ3n) is 4.90. The number of carbonyl (C=O) groups is 1. The molecule has 0 N–H and O–H groups in total. The van der Waals surface area contributed by atoms with Crippen LogP contribution in [0.25, 0.3) is 0 Å². The maximum Gasteiger partial charge on any atom is 0.226 e. The van der Waals surface area contributed by atoms with Crippen LogP contribution in [0.3, 0.4) is 0 Å². The minimum Gasteiger partial charge on any atom is -0.341 e. The maximum absolute atomic E-state index is 12.6. The van der Waals surface area contributed by atoms with Crippen LogP contribution in [0.1, 0.15) is 32.1 Å². The molecule has 0 aromatic rings. The average Bonchev–Trinajstić information content (AvgIpc) is 2.74. The van der Waals surface area contributed by atoms with Gasteiger partial charge in [-0.15, -0.1) is 0 Å². The molecule has 3 nitrogen and oxygen atoms in total. The van der Waals surface area contributed by atoms with Crippen molar-refractivity contribution in [3.63, 3.8) is 0 Å². The van der Waals surface area contributed by atoms with Gasteiger partial charge >= 0.3 is 0 Å². The normalized spacial score (nSPS) is 33.7. The summed E-state index contributed by atoms with van der Waals surface area (Å²) in [5.41, 5.74) is 0. The molecule has 0 unspecified atom stereocenters. The Labute approximate surface area is 110 Å². The summed E-state index contributed by atoms with van der Waals surface area (Å²) in [6.45, 7) is 3.13. The summed E-state index contributed by atoms with van der Waals surface area (Å²) in [5.74, 6) is 1.35. The van der Waals surface area contributed by atoms with Crippen molar-refractivity contribution in [2.45, 2.75) is 38.1 Å². The predicted molar refractivity (Wildman–Crippen MR) is 72.2 cm³/mol. The van der Waals surface area contributed by atoms with Crippen LogP contribution in [0, 0.1) is 11.8 Å².